The molecule has 0 fully saturated rings. The van der Waals surface area contributed by atoms with Crippen molar-refractivity contribution >= 4 is 33.2 Å². The zero-order valence-corrected chi connectivity index (χ0v) is 9.94. The van der Waals surface area contributed by atoms with Crippen molar-refractivity contribution in [2.45, 2.75) is 19.3 Å². The molecule has 0 aliphatic heterocycles. The Morgan fingerprint density at radius 2 is 2.38 bits per heavy atom. The number of thiophene rings is 1. The largest absolute Gasteiger partial charge is 0.469 e. The third kappa shape index (κ3) is 2.54. The average Bonchev–Trinajstić information content (AvgIpc) is 2.53. The summed E-state index contributed by atoms with van der Waals surface area (Å²) in [5, 5.41) is 0. The Bertz CT molecular complexity index is 296. The van der Waals surface area contributed by atoms with E-state index in [2.05, 4.69) is 15.9 Å². The van der Waals surface area contributed by atoms with E-state index in [0.29, 0.717) is 0 Å². The van der Waals surface area contributed by atoms with Gasteiger partial charge in [-0.05, 0) is 34.5 Å². The summed E-state index contributed by atoms with van der Waals surface area (Å²) in [7, 11) is 1.42. The molecule has 0 saturated heterocycles. The maximum Gasteiger partial charge on any atom is 0.313 e. The van der Waals surface area contributed by atoms with Crippen LogP contribution >= 0.6 is 27.3 Å². The Hall–Kier alpha value is -0.350. The zero-order valence-electron chi connectivity index (χ0n) is 7.54. The van der Waals surface area contributed by atoms with Gasteiger partial charge < -0.3 is 4.74 Å². The number of rotatable bonds is 3. The van der Waals surface area contributed by atoms with Crippen molar-refractivity contribution in [3.63, 3.8) is 0 Å². The summed E-state index contributed by atoms with van der Waals surface area (Å²) in [6, 6.07) is 3.91. The molecule has 1 aromatic rings. The minimum atomic E-state index is -0.156. The van der Waals surface area contributed by atoms with Crippen molar-refractivity contribution in [2.24, 2.45) is 0 Å². The summed E-state index contributed by atoms with van der Waals surface area (Å²) >= 11 is 4.95. The van der Waals surface area contributed by atoms with E-state index in [1.807, 2.05) is 19.1 Å². The van der Waals surface area contributed by atoms with Crippen molar-refractivity contribution in [2.75, 3.05) is 7.11 Å². The van der Waals surface area contributed by atoms with Crippen LogP contribution in [0.3, 0.4) is 0 Å². The molecule has 1 unspecified atom stereocenters. The van der Waals surface area contributed by atoms with Gasteiger partial charge in [0.05, 0.1) is 16.8 Å². The molecule has 4 heteroatoms. The third-order valence-electron chi connectivity index (χ3n) is 1.83. The van der Waals surface area contributed by atoms with Gasteiger partial charge in [-0.25, -0.2) is 0 Å². The number of carbonyl (C=O) groups is 1. The van der Waals surface area contributed by atoms with Gasteiger partial charge in [-0.15, -0.1) is 11.3 Å². The Balaban J connectivity index is 2.84. The number of ether oxygens (including phenoxy) is 1. The van der Waals surface area contributed by atoms with Crippen LogP contribution < -0.4 is 0 Å². The Morgan fingerprint density at radius 3 is 2.77 bits per heavy atom. The van der Waals surface area contributed by atoms with E-state index in [0.717, 1.165) is 15.1 Å². The fourth-order valence-electron chi connectivity index (χ4n) is 1.14. The van der Waals surface area contributed by atoms with Crippen molar-refractivity contribution in [1.29, 1.82) is 0 Å². The summed E-state index contributed by atoms with van der Waals surface area (Å²) in [6.45, 7) is 1.98. The van der Waals surface area contributed by atoms with Crippen LogP contribution in [0.5, 0.6) is 0 Å². The molecule has 0 saturated carbocycles. The molecule has 0 N–H and O–H groups in total. The third-order valence-corrected chi connectivity index (χ3v) is 3.57. The lowest BCUT2D eigenvalue weighted by Gasteiger charge is -2.09. The SMILES string of the molecule is CCC(C(=O)OC)c1ccc(Br)s1. The van der Waals surface area contributed by atoms with Gasteiger partial charge in [-0.2, -0.15) is 0 Å². The van der Waals surface area contributed by atoms with Crippen LogP contribution in [0.2, 0.25) is 0 Å². The molecule has 1 rings (SSSR count). The van der Waals surface area contributed by atoms with Crippen molar-refractivity contribution in [1.82, 2.24) is 0 Å². The lowest BCUT2D eigenvalue weighted by molar-refractivity contribution is -0.142. The zero-order chi connectivity index (χ0) is 9.84. The van der Waals surface area contributed by atoms with E-state index >= 15 is 0 Å². The Morgan fingerprint density at radius 1 is 1.69 bits per heavy atom. The summed E-state index contributed by atoms with van der Waals surface area (Å²) < 4.78 is 5.77. The van der Waals surface area contributed by atoms with Gasteiger partial charge in [0.1, 0.15) is 0 Å². The highest BCUT2D eigenvalue weighted by Gasteiger charge is 2.20. The molecule has 0 aromatic carbocycles. The van der Waals surface area contributed by atoms with E-state index in [1.165, 1.54) is 7.11 Å². The van der Waals surface area contributed by atoms with Crippen molar-refractivity contribution in [3.8, 4) is 0 Å². The second-order valence-electron chi connectivity index (χ2n) is 2.63. The molecule has 0 spiro atoms. The molecule has 1 heterocycles. The molecule has 1 atom stereocenters. The van der Waals surface area contributed by atoms with Crippen LogP contribution in [0.15, 0.2) is 15.9 Å². The first-order chi connectivity index (χ1) is 6.19. The van der Waals surface area contributed by atoms with Gasteiger partial charge in [0, 0.05) is 4.88 Å². The molecule has 13 heavy (non-hydrogen) atoms. The van der Waals surface area contributed by atoms with Gasteiger partial charge >= 0.3 is 5.97 Å². The lowest BCUT2D eigenvalue weighted by atomic mass is 10.1. The second kappa shape index (κ2) is 4.77. The molecule has 1 aromatic heterocycles. The first kappa shape index (κ1) is 10.7. The number of hydrogen-bond donors (Lipinski definition) is 0. The standard InChI is InChI=1S/C9H11BrO2S/c1-3-6(9(11)12-2)7-4-5-8(10)13-7/h4-6H,3H2,1-2H3. The first-order valence-corrected chi connectivity index (χ1v) is 5.63. The van der Waals surface area contributed by atoms with E-state index in [-0.39, 0.29) is 11.9 Å². The molecular weight excluding hydrogens is 252 g/mol. The van der Waals surface area contributed by atoms with Crippen molar-refractivity contribution < 1.29 is 9.53 Å². The highest BCUT2D eigenvalue weighted by molar-refractivity contribution is 9.11. The highest BCUT2D eigenvalue weighted by atomic mass is 79.9. The van der Waals surface area contributed by atoms with E-state index in [1.54, 1.807) is 11.3 Å². The Labute approximate surface area is 90.0 Å². The molecule has 0 aliphatic carbocycles. The summed E-state index contributed by atoms with van der Waals surface area (Å²) in [4.78, 5) is 12.4. The van der Waals surface area contributed by atoms with Crippen molar-refractivity contribution in [3.05, 3.63) is 20.8 Å². The van der Waals surface area contributed by atoms with E-state index < -0.39 is 0 Å². The van der Waals surface area contributed by atoms with Gasteiger partial charge in [0.2, 0.25) is 0 Å². The first-order valence-electron chi connectivity index (χ1n) is 4.02. The quantitative estimate of drug-likeness (QED) is 0.783. The molecular formula is C9H11BrO2S. The lowest BCUT2D eigenvalue weighted by Crippen LogP contribution is -2.11. The second-order valence-corrected chi connectivity index (χ2v) is 5.12. The normalized spacial score (nSPS) is 12.5. The molecule has 72 valence electrons. The van der Waals surface area contributed by atoms with Crippen LogP contribution in [-0.4, -0.2) is 13.1 Å². The van der Waals surface area contributed by atoms with Gasteiger partial charge in [0.25, 0.3) is 0 Å². The van der Waals surface area contributed by atoms with Crippen LogP contribution in [0.25, 0.3) is 0 Å². The maximum atomic E-state index is 11.3. The molecule has 0 amide bonds. The monoisotopic (exact) mass is 262 g/mol. The molecule has 0 bridgehead atoms. The number of hydrogen-bond acceptors (Lipinski definition) is 3. The van der Waals surface area contributed by atoms with E-state index in [9.17, 15) is 4.79 Å². The van der Waals surface area contributed by atoms with E-state index in [4.69, 9.17) is 4.74 Å². The van der Waals surface area contributed by atoms with Gasteiger partial charge in [0.15, 0.2) is 0 Å². The van der Waals surface area contributed by atoms with Crippen LogP contribution in [0.1, 0.15) is 24.1 Å². The molecule has 2 nitrogen and oxygen atoms in total. The Kier molecular flexibility index (Phi) is 3.93. The summed E-state index contributed by atoms with van der Waals surface area (Å²) in [6.07, 6.45) is 0.777. The molecule has 0 aliphatic rings. The van der Waals surface area contributed by atoms with Gasteiger partial charge in [-0.1, -0.05) is 6.92 Å². The predicted octanol–water partition coefficient (Wildman–Crippen LogP) is 3.18. The van der Waals surface area contributed by atoms with Gasteiger partial charge in [-0.3, -0.25) is 4.79 Å². The average molecular weight is 263 g/mol. The fourth-order valence-corrected chi connectivity index (χ4v) is 2.74. The number of halogens is 1. The summed E-state index contributed by atoms with van der Waals surface area (Å²) in [5.74, 6) is -0.266. The number of esters is 1. The topological polar surface area (TPSA) is 26.3 Å². The number of methoxy groups -OCH3 is 1. The fraction of sp³-hybridized carbons (Fsp3) is 0.444. The smallest absolute Gasteiger partial charge is 0.313 e. The molecule has 0 radical (unpaired) electrons. The summed E-state index contributed by atoms with van der Waals surface area (Å²) in [5.41, 5.74) is 0. The number of carbonyl (C=O) groups excluding carboxylic acids is 1. The van der Waals surface area contributed by atoms with Crippen LogP contribution in [0.4, 0.5) is 0 Å². The predicted molar refractivity (Wildman–Crippen MR) is 57.1 cm³/mol. The minimum Gasteiger partial charge on any atom is -0.469 e. The maximum absolute atomic E-state index is 11.3. The van der Waals surface area contributed by atoms with Crippen LogP contribution in [-0.2, 0) is 9.53 Å². The highest BCUT2D eigenvalue weighted by Crippen LogP contribution is 2.30. The minimum absolute atomic E-state index is 0.110. The van der Waals surface area contributed by atoms with Crippen LogP contribution in [0, 0.1) is 0 Å².